The molecule has 4 heteroatoms. The Kier molecular flexibility index (Phi) is 5.36. The van der Waals surface area contributed by atoms with Crippen LogP contribution in [0.15, 0.2) is 30.3 Å². The molecule has 0 unspecified atom stereocenters. The summed E-state index contributed by atoms with van der Waals surface area (Å²) >= 11 is 0. The van der Waals surface area contributed by atoms with Gasteiger partial charge in [-0.3, -0.25) is 4.79 Å². The molecule has 0 heterocycles. The van der Waals surface area contributed by atoms with E-state index in [0.29, 0.717) is 6.54 Å². The number of likely N-dealkylation sites (N-methyl/N-ethyl adjacent to an activating group) is 2. The first-order valence-electron chi connectivity index (χ1n) is 5.41. The van der Waals surface area contributed by atoms with Crippen molar-refractivity contribution in [3.8, 4) is 0 Å². The van der Waals surface area contributed by atoms with Gasteiger partial charge in [-0.1, -0.05) is 18.2 Å². The van der Waals surface area contributed by atoms with Gasteiger partial charge in [-0.2, -0.15) is 0 Å². The lowest BCUT2D eigenvalue weighted by Gasteiger charge is -2.17. The van der Waals surface area contributed by atoms with Crippen molar-refractivity contribution in [3.05, 3.63) is 30.3 Å². The van der Waals surface area contributed by atoms with E-state index in [1.54, 1.807) is 4.90 Å². The molecule has 0 aliphatic carbocycles. The molecule has 0 spiro atoms. The second-order valence-electron chi connectivity index (χ2n) is 3.64. The Bertz CT molecular complexity index is 313. The average molecular weight is 221 g/mol. The zero-order chi connectivity index (χ0) is 11.8. The zero-order valence-electron chi connectivity index (χ0n) is 9.86. The summed E-state index contributed by atoms with van der Waals surface area (Å²) in [5.41, 5.74) is 0.970. The highest BCUT2D eigenvalue weighted by Crippen LogP contribution is 2.04. The predicted molar refractivity (Wildman–Crippen MR) is 66.5 cm³/mol. The summed E-state index contributed by atoms with van der Waals surface area (Å²) in [6.07, 6.45) is 0. The van der Waals surface area contributed by atoms with E-state index in [2.05, 4.69) is 10.6 Å². The van der Waals surface area contributed by atoms with Gasteiger partial charge in [-0.25, -0.2) is 0 Å². The van der Waals surface area contributed by atoms with Crippen LogP contribution in [0.3, 0.4) is 0 Å². The molecule has 0 aromatic heterocycles. The van der Waals surface area contributed by atoms with E-state index in [1.807, 2.05) is 44.4 Å². The Morgan fingerprint density at radius 1 is 1.31 bits per heavy atom. The second kappa shape index (κ2) is 6.85. The Morgan fingerprint density at radius 2 is 2.00 bits per heavy atom. The molecule has 2 N–H and O–H groups in total. The van der Waals surface area contributed by atoms with Crippen LogP contribution in [-0.2, 0) is 4.79 Å². The van der Waals surface area contributed by atoms with E-state index in [4.69, 9.17) is 0 Å². The van der Waals surface area contributed by atoms with Crippen LogP contribution in [0.2, 0.25) is 0 Å². The van der Waals surface area contributed by atoms with Crippen molar-refractivity contribution >= 4 is 11.6 Å². The lowest BCUT2D eigenvalue weighted by Crippen LogP contribution is -2.36. The SMILES string of the molecule is CNCCN(C)C(=O)CNc1ccccc1. The Balaban J connectivity index is 2.29. The number of para-hydroxylation sites is 1. The number of carbonyl (C=O) groups excluding carboxylic acids is 1. The van der Waals surface area contributed by atoms with Crippen LogP contribution in [0.4, 0.5) is 5.69 Å². The molecule has 0 saturated heterocycles. The zero-order valence-corrected chi connectivity index (χ0v) is 9.86. The topological polar surface area (TPSA) is 44.4 Å². The summed E-state index contributed by atoms with van der Waals surface area (Å²) < 4.78 is 0. The lowest BCUT2D eigenvalue weighted by atomic mass is 10.3. The van der Waals surface area contributed by atoms with Crippen LogP contribution < -0.4 is 10.6 Å². The number of rotatable bonds is 6. The van der Waals surface area contributed by atoms with Crippen LogP contribution in [-0.4, -0.2) is 44.5 Å². The molecule has 1 aromatic carbocycles. The fourth-order valence-electron chi connectivity index (χ4n) is 1.27. The molecule has 16 heavy (non-hydrogen) atoms. The monoisotopic (exact) mass is 221 g/mol. The minimum atomic E-state index is 0.0964. The first kappa shape index (κ1) is 12.5. The van der Waals surface area contributed by atoms with E-state index in [9.17, 15) is 4.79 Å². The highest BCUT2D eigenvalue weighted by molar-refractivity contribution is 5.80. The van der Waals surface area contributed by atoms with E-state index in [0.717, 1.165) is 18.8 Å². The van der Waals surface area contributed by atoms with Crippen LogP contribution in [0.25, 0.3) is 0 Å². The maximum absolute atomic E-state index is 11.7. The molecule has 0 aliphatic rings. The molecule has 88 valence electrons. The quantitative estimate of drug-likeness (QED) is 0.746. The number of hydrogen-bond acceptors (Lipinski definition) is 3. The molecule has 1 rings (SSSR count). The average Bonchev–Trinajstić information content (AvgIpc) is 2.34. The number of anilines is 1. The normalized spacial score (nSPS) is 9.88. The van der Waals surface area contributed by atoms with Gasteiger partial charge in [0.05, 0.1) is 6.54 Å². The van der Waals surface area contributed by atoms with Crippen molar-refractivity contribution < 1.29 is 4.79 Å². The number of nitrogens with zero attached hydrogens (tertiary/aromatic N) is 1. The van der Waals surface area contributed by atoms with Gasteiger partial charge >= 0.3 is 0 Å². The molecule has 1 amide bonds. The number of benzene rings is 1. The maximum Gasteiger partial charge on any atom is 0.241 e. The van der Waals surface area contributed by atoms with E-state index >= 15 is 0 Å². The molecule has 0 atom stereocenters. The van der Waals surface area contributed by atoms with Crippen molar-refractivity contribution in [1.82, 2.24) is 10.2 Å². The van der Waals surface area contributed by atoms with E-state index < -0.39 is 0 Å². The number of amides is 1. The molecule has 0 bridgehead atoms. The van der Waals surface area contributed by atoms with E-state index in [-0.39, 0.29) is 5.91 Å². The minimum absolute atomic E-state index is 0.0964. The standard InChI is InChI=1S/C12H19N3O/c1-13-8-9-15(2)12(16)10-14-11-6-4-3-5-7-11/h3-7,13-14H,8-10H2,1-2H3. The minimum Gasteiger partial charge on any atom is -0.376 e. The lowest BCUT2D eigenvalue weighted by molar-refractivity contribution is -0.127. The van der Waals surface area contributed by atoms with Crippen molar-refractivity contribution in [1.29, 1.82) is 0 Å². The van der Waals surface area contributed by atoms with Gasteiger partial charge in [-0.15, -0.1) is 0 Å². The molecule has 0 saturated carbocycles. The second-order valence-corrected chi connectivity index (χ2v) is 3.64. The molecule has 0 fully saturated rings. The number of carbonyl (C=O) groups is 1. The number of nitrogens with one attached hydrogen (secondary N) is 2. The van der Waals surface area contributed by atoms with Crippen LogP contribution in [0.5, 0.6) is 0 Å². The van der Waals surface area contributed by atoms with Crippen molar-refractivity contribution in [3.63, 3.8) is 0 Å². The van der Waals surface area contributed by atoms with Gasteiger partial charge in [0.2, 0.25) is 5.91 Å². The maximum atomic E-state index is 11.7. The molecule has 0 radical (unpaired) electrons. The Labute approximate surface area is 96.6 Å². The molecule has 1 aromatic rings. The smallest absolute Gasteiger partial charge is 0.241 e. The van der Waals surface area contributed by atoms with Gasteiger partial charge in [0.25, 0.3) is 0 Å². The Morgan fingerprint density at radius 3 is 2.62 bits per heavy atom. The fourth-order valence-corrected chi connectivity index (χ4v) is 1.27. The van der Waals surface area contributed by atoms with Crippen molar-refractivity contribution in [2.24, 2.45) is 0 Å². The third kappa shape index (κ3) is 4.31. The number of hydrogen-bond donors (Lipinski definition) is 2. The van der Waals surface area contributed by atoms with Gasteiger partial charge in [0.1, 0.15) is 0 Å². The molecular formula is C12H19N3O. The summed E-state index contributed by atoms with van der Waals surface area (Å²) in [5, 5.41) is 6.10. The van der Waals surface area contributed by atoms with Gasteiger partial charge in [0, 0.05) is 25.8 Å². The van der Waals surface area contributed by atoms with E-state index in [1.165, 1.54) is 0 Å². The van der Waals surface area contributed by atoms with Crippen molar-refractivity contribution in [2.75, 3.05) is 39.0 Å². The van der Waals surface area contributed by atoms with Crippen molar-refractivity contribution in [2.45, 2.75) is 0 Å². The summed E-state index contributed by atoms with van der Waals surface area (Å²) in [7, 11) is 3.69. The first-order valence-corrected chi connectivity index (χ1v) is 5.41. The van der Waals surface area contributed by atoms with Gasteiger partial charge in [0.15, 0.2) is 0 Å². The fraction of sp³-hybridized carbons (Fsp3) is 0.417. The van der Waals surface area contributed by atoms with Crippen LogP contribution >= 0.6 is 0 Å². The first-order chi connectivity index (χ1) is 7.74. The predicted octanol–water partition coefficient (Wildman–Crippen LogP) is 0.776. The summed E-state index contributed by atoms with van der Waals surface area (Å²) in [6, 6.07) is 9.73. The molecular weight excluding hydrogens is 202 g/mol. The summed E-state index contributed by atoms with van der Waals surface area (Å²) in [5.74, 6) is 0.0964. The highest BCUT2D eigenvalue weighted by Gasteiger charge is 2.06. The van der Waals surface area contributed by atoms with Gasteiger partial charge in [-0.05, 0) is 19.2 Å². The van der Waals surface area contributed by atoms with Gasteiger partial charge < -0.3 is 15.5 Å². The highest BCUT2D eigenvalue weighted by atomic mass is 16.2. The van der Waals surface area contributed by atoms with Crippen LogP contribution in [0, 0.1) is 0 Å². The third-order valence-electron chi connectivity index (χ3n) is 2.34. The molecule has 0 aliphatic heterocycles. The largest absolute Gasteiger partial charge is 0.376 e. The third-order valence-corrected chi connectivity index (χ3v) is 2.34. The molecule has 4 nitrogen and oxygen atoms in total. The Hall–Kier alpha value is -1.55. The summed E-state index contributed by atoms with van der Waals surface area (Å²) in [4.78, 5) is 13.4. The van der Waals surface area contributed by atoms with Crippen LogP contribution in [0.1, 0.15) is 0 Å². The summed E-state index contributed by atoms with van der Waals surface area (Å²) in [6.45, 7) is 1.88.